The highest BCUT2D eigenvalue weighted by atomic mass is 16.5. The summed E-state index contributed by atoms with van der Waals surface area (Å²) in [6, 6.07) is 8.20. The van der Waals surface area contributed by atoms with Crippen molar-refractivity contribution >= 4 is 17.7 Å². The minimum atomic E-state index is -0.281. The monoisotopic (exact) mass is 543 g/mol. The van der Waals surface area contributed by atoms with Crippen molar-refractivity contribution in [3.63, 3.8) is 0 Å². The molecule has 6 rings (SSSR count). The van der Waals surface area contributed by atoms with Gasteiger partial charge in [0.05, 0.1) is 25.3 Å². The van der Waals surface area contributed by atoms with Gasteiger partial charge in [0.25, 0.3) is 5.91 Å². The lowest BCUT2D eigenvalue weighted by Gasteiger charge is -2.36. The first-order valence-electron chi connectivity index (χ1n) is 13.4. The highest BCUT2D eigenvalue weighted by Gasteiger charge is 2.32. The van der Waals surface area contributed by atoms with E-state index in [1.54, 1.807) is 4.68 Å². The van der Waals surface area contributed by atoms with E-state index in [2.05, 4.69) is 52.7 Å². The van der Waals surface area contributed by atoms with Crippen LogP contribution in [0.1, 0.15) is 60.7 Å². The maximum Gasteiger partial charge on any atom is 0.273 e. The molecule has 12 nitrogen and oxygen atoms in total. The van der Waals surface area contributed by atoms with Gasteiger partial charge in [-0.3, -0.25) is 14.4 Å². The molecule has 1 saturated heterocycles. The predicted molar refractivity (Wildman–Crippen MR) is 147 cm³/mol. The standard InChI is InChI=1S/C28H33N9O3/c1-28(2,3)26-32-22(15-40-26)25(38)31-21-7-10-37(19-13-39-14-19)12-18-11-17(5-6-20(18)21)24-29-16-30-27(34-24)33-23-8-9-36(4)35-23/h5-6,8-9,11,15-16,19,21H,7,10,12-14H2,1-4H3,(H,31,38)(H,29,30,33,34,35)/t21-/m0/s1. The van der Waals surface area contributed by atoms with Crippen LogP contribution in [0.15, 0.2) is 47.5 Å². The molecule has 1 aromatic carbocycles. The van der Waals surface area contributed by atoms with Crippen LogP contribution in [0.5, 0.6) is 0 Å². The first kappa shape index (κ1) is 26.1. The molecule has 2 aliphatic heterocycles. The number of carbonyl (C=O) groups is 1. The van der Waals surface area contributed by atoms with Crippen LogP contribution in [0.25, 0.3) is 11.4 Å². The van der Waals surface area contributed by atoms with E-state index in [9.17, 15) is 4.79 Å². The fraction of sp³-hybridized carbons (Fsp3) is 0.429. The Bertz CT molecular complexity index is 1520. The van der Waals surface area contributed by atoms with Crippen molar-refractivity contribution in [2.45, 2.75) is 51.2 Å². The molecule has 208 valence electrons. The minimum Gasteiger partial charge on any atom is -0.448 e. The van der Waals surface area contributed by atoms with Gasteiger partial charge in [-0.1, -0.05) is 32.9 Å². The van der Waals surface area contributed by atoms with Crippen LogP contribution >= 0.6 is 0 Å². The number of anilines is 2. The highest BCUT2D eigenvalue weighted by Crippen LogP contribution is 2.32. The molecule has 4 aromatic rings. The van der Waals surface area contributed by atoms with Gasteiger partial charge < -0.3 is 19.8 Å². The Labute approximate surface area is 232 Å². The van der Waals surface area contributed by atoms with Crippen molar-refractivity contribution in [1.29, 1.82) is 0 Å². The fourth-order valence-electron chi connectivity index (χ4n) is 4.91. The molecule has 3 aromatic heterocycles. The first-order valence-corrected chi connectivity index (χ1v) is 13.4. The van der Waals surface area contributed by atoms with E-state index in [1.165, 1.54) is 12.6 Å². The number of nitrogens with zero attached hydrogens (tertiary/aromatic N) is 7. The zero-order valence-corrected chi connectivity index (χ0v) is 23.1. The van der Waals surface area contributed by atoms with E-state index in [0.29, 0.717) is 29.5 Å². The minimum absolute atomic E-state index is 0.183. The summed E-state index contributed by atoms with van der Waals surface area (Å²) < 4.78 is 12.8. The number of hydrogen-bond donors (Lipinski definition) is 2. The van der Waals surface area contributed by atoms with Crippen molar-refractivity contribution in [3.8, 4) is 11.4 Å². The Hall–Kier alpha value is -4.16. The second-order valence-electron chi connectivity index (χ2n) is 11.3. The molecule has 0 spiro atoms. The zero-order chi connectivity index (χ0) is 27.9. The number of aromatic nitrogens is 6. The van der Waals surface area contributed by atoms with Gasteiger partial charge in [0.15, 0.2) is 23.2 Å². The average molecular weight is 544 g/mol. The number of ether oxygens (including phenoxy) is 1. The van der Waals surface area contributed by atoms with Crippen molar-refractivity contribution in [3.05, 3.63) is 65.8 Å². The number of amides is 1. The van der Waals surface area contributed by atoms with E-state index in [4.69, 9.17) is 9.15 Å². The molecular weight excluding hydrogens is 510 g/mol. The third-order valence-corrected chi connectivity index (χ3v) is 7.20. The lowest BCUT2D eigenvalue weighted by molar-refractivity contribution is -0.0678. The Morgan fingerprint density at radius 3 is 2.67 bits per heavy atom. The molecule has 0 saturated carbocycles. The molecule has 0 aliphatic carbocycles. The zero-order valence-electron chi connectivity index (χ0n) is 23.1. The third-order valence-electron chi connectivity index (χ3n) is 7.20. The highest BCUT2D eigenvalue weighted by molar-refractivity contribution is 5.92. The molecule has 2 N–H and O–H groups in total. The van der Waals surface area contributed by atoms with Gasteiger partial charge >= 0.3 is 0 Å². The molecule has 12 heteroatoms. The summed E-state index contributed by atoms with van der Waals surface area (Å²) in [5.74, 6) is 1.91. The molecule has 5 heterocycles. The summed E-state index contributed by atoms with van der Waals surface area (Å²) in [7, 11) is 1.85. The molecule has 0 bridgehead atoms. The fourth-order valence-corrected chi connectivity index (χ4v) is 4.91. The summed E-state index contributed by atoms with van der Waals surface area (Å²) >= 11 is 0. The lowest BCUT2D eigenvalue weighted by Crippen LogP contribution is -2.48. The average Bonchev–Trinajstić information content (AvgIpc) is 3.51. The first-order chi connectivity index (χ1) is 19.2. The van der Waals surface area contributed by atoms with Crippen molar-refractivity contribution in [2.75, 3.05) is 25.1 Å². The van der Waals surface area contributed by atoms with Crippen molar-refractivity contribution in [2.24, 2.45) is 7.05 Å². The van der Waals surface area contributed by atoms with Gasteiger partial charge in [0.1, 0.15) is 12.6 Å². The Kier molecular flexibility index (Phi) is 6.80. The maximum absolute atomic E-state index is 13.2. The number of aryl methyl sites for hydroxylation is 1. The van der Waals surface area contributed by atoms with Crippen molar-refractivity contribution < 1.29 is 13.9 Å². The van der Waals surface area contributed by atoms with Crippen LogP contribution in [-0.4, -0.2) is 66.3 Å². The largest absolute Gasteiger partial charge is 0.448 e. The summed E-state index contributed by atoms with van der Waals surface area (Å²) in [6.07, 6.45) is 5.54. The number of fused-ring (bicyclic) bond motifs is 1. The van der Waals surface area contributed by atoms with Crippen LogP contribution in [0.2, 0.25) is 0 Å². The molecule has 1 atom stereocenters. The van der Waals surface area contributed by atoms with Crippen LogP contribution in [0, 0.1) is 0 Å². The summed E-state index contributed by atoms with van der Waals surface area (Å²) in [5.41, 5.74) is 3.06. The predicted octanol–water partition coefficient (Wildman–Crippen LogP) is 3.38. The normalized spacial score (nSPS) is 18.1. The van der Waals surface area contributed by atoms with E-state index in [1.807, 2.05) is 46.1 Å². The molecule has 40 heavy (non-hydrogen) atoms. The summed E-state index contributed by atoms with van der Waals surface area (Å²) in [4.78, 5) is 33.4. The van der Waals surface area contributed by atoms with Crippen LogP contribution in [-0.2, 0) is 23.7 Å². The van der Waals surface area contributed by atoms with Gasteiger partial charge in [-0.25, -0.2) is 15.0 Å². The SMILES string of the molecule is Cn1ccc(Nc2ncnc(-c3ccc4c(c3)CN(C3COC3)CC[C@@H]4NC(=O)c3coc(C(C)(C)C)n3)n2)n1. The number of hydrogen-bond acceptors (Lipinski definition) is 10. The second kappa shape index (κ2) is 10.4. The van der Waals surface area contributed by atoms with Gasteiger partial charge in [0, 0.05) is 43.4 Å². The summed E-state index contributed by atoms with van der Waals surface area (Å²) in [5, 5.41) is 10.7. The molecule has 1 amide bonds. The molecule has 0 unspecified atom stereocenters. The van der Waals surface area contributed by atoms with Gasteiger partial charge in [-0.05, 0) is 23.6 Å². The number of carbonyl (C=O) groups excluding carboxylic acids is 1. The Balaban J connectivity index is 1.28. The van der Waals surface area contributed by atoms with Crippen molar-refractivity contribution in [1.82, 2.24) is 39.9 Å². The van der Waals surface area contributed by atoms with E-state index < -0.39 is 0 Å². The number of rotatable bonds is 6. The lowest BCUT2D eigenvalue weighted by atomic mass is 9.96. The number of oxazole rings is 1. The van der Waals surface area contributed by atoms with E-state index >= 15 is 0 Å². The van der Waals surface area contributed by atoms with Crippen LogP contribution in [0.4, 0.5) is 11.8 Å². The van der Waals surface area contributed by atoms with E-state index in [0.717, 1.165) is 49.4 Å². The molecule has 2 aliphatic rings. The quantitative estimate of drug-likeness (QED) is 0.372. The van der Waals surface area contributed by atoms with Crippen LogP contribution in [0.3, 0.4) is 0 Å². The smallest absolute Gasteiger partial charge is 0.273 e. The maximum atomic E-state index is 13.2. The Morgan fingerprint density at radius 1 is 1.12 bits per heavy atom. The Morgan fingerprint density at radius 2 is 1.98 bits per heavy atom. The van der Waals surface area contributed by atoms with Crippen LogP contribution < -0.4 is 10.6 Å². The molecular formula is C28H33N9O3. The number of nitrogens with one attached hydrogen (secondary N) is 2. The topological polar surface area (TPSA) is 136 Å². The number of benzene rings is 1. The summed E-state index contributed by atoms with van der Waals surface area (Å²) in [6.45, 7) is 9.02. The second-order valence-corrected chi connectivity index (χ2v) is 11.3. The van der Waals surface area contributed by atoms with Gasteiger partial charge in [-0.15, -0.1) is 0 Å². The van der Waals surface area contributed by atoms with Gasteiger partial charge in [0.2, 0.25) is 5.95 Å². The molecule has 0 radical (unpaired) electrons. The third kappa shape index (κ3) is 5.45. The van der Waals surface area contributed by atoms with E-state index in [-0.39, 0.29) is 23.1 Å². The van der Waals surface area contributed by atoms with Gasteiger partial charge in [-0.2, -0.15) is 10.1 Å². The molecule has 1 fully saturated rings.